The van der Waals surface area contributed by atoms with Gasteiger partial charge in [-0.3, -0.25) is 4.79 Å². The number of aliphatic hydroxyl groups excluding tert-OH is 1. The van der Waals surface area contributed by atoms with Crippen molar-refractivity contribution in [2.45, 2.75) is 12.5 Å². The summed E-state index contributed by atoms with van der Waals surface area (Å²) in [4.78, 5) is 12.9. The molecule has 0 saturated carbocycles. The molecule has 0 aromatic rings. The first-order chi connectivity index (χ1) is 8.24. The van der Waals surface area contributed by atoms with E-state index < -0.39 is 6.10 Å². The van der Waals surface area contributed by atoms with Gasteiger partial charge in [-0.05, 0) is 0 Å². The van der Waals surface area contributed by atoms with E-state index in [2.05, 4.69) is 0 Å². The average molecular weight is 247 g/mol. The van der Waals surface area contributed by atoms with Gasteiger partial charge in [0.1, 0.15) is 0 Å². The predicted octanol–water partition coefficient (Wildman–Crippen LogP) is -0.741. The maximum absolute atomic E-state index is 11.3. The highest BCUT2D eigenvalue weighted by Gasteiger charge is 2.27. The van der Waals surface area contributed by atoms with Crippen LogP contribution >= 0.6 is 0 Å². The number of likely N-dealkylation sites (tertiary alicyclic amines) is 1. The Morgan fingerprint density at radius 2 is 1.88 bits per heavy atom. The lowest BCUT2D eigenvalue weighted by Crippen LogP contribution is -2.30. The Bertz CT molecular complexity index is 224. The molecule has 0 aromatic carbocycles. The normalized spacial score (nSPS) is 20.2. The largest absolute Gasteiger partial charge is 0.391 e. The molecular weight excluding hydrogens is 226 g/mol. The van der Waals surface area contributed by atoms with Crippen LogP contribution < -0.4 is 0 Å². The molecule has 17 heavy (non-hydrogen) atoms. The van der Waals surface area contributed by atoms with Crippen LogP contribution in [0.2, 0.25) is 0 Å². The van der Waals surface area contributed by atoms with Gasteiger partial charge in [-0.2, -0.15) is 0 Å². The first-order valence-electron chi connectivity index (χ1n) is 5.84. The molecule has 0 radical (unpaired) electrons. The van der Waals surface area contributed by atoms with Crippen molar-refractivity contribution in [3.05, 3.63) is 0 Å². The van der Waals surface area contributed by atoms with E-state index in [9.17, 15) is 9.90 Å². The molecule has 0 aliphatic carbocycles. The van der Waals surface area contributed by atoms with Gasteiger partial charge >= 0.3 is 0 Å². The van der Waals surface area contributed by atoms with E-state index >= 15 is 0 Å². The molecule has 0 spiro atoms. The van der Waals surface area contributed by atoms with Crippen molar-refractivity contribution in [3.63, 3.8) is 0 Å². The zero-order chi connectivity index (χ0) is 12.5. The number of hydrogen-bond acceptors (Lipinski definition) is 5. The lowest BCUT2D eigenvalue weighted by molar-refractivity contribution is -0.128. The fraction of sp³-hybridized carbons (Fsp3) is 0.909. The quantitative estimate of drug-likeness (QED) is 0.543. The van der Waals surface area contributed by atoms with Crippen LogP contribution in [-0.4, -0.2) is 75.3 Å². The Labute approximate surface area is 101 Å². The lowest BCUT2D eigenvalue weighted by Gasteiger charge is -2.15. The summed E-state index contributed by atoms with van der Waals surface area (Å²) < 4.78 is 15.4. The number of carbonyl (C=O) groups is 1. The lowest BCUT2D eigenvalue weighted by atomic mass is 10.3. The average Bonchev–Trinajstić information content (AvgIpc) is 2.61. The molecule has 1 aliphatic heterocycles. The van der Waals surface area contributed by atoms with Gasteiger partial charge in [0.05, 0.1) is 45.6 Å². The minimum Gasteiger partial charge on any atom is -0.391 e. The zero-order valence-corrected chi connectivity index (χ0v) is 10.3. The number of rotatable bonds is 9. The minimum atomic E-state index is -0.514. The van der Waals surface area contributed by atoms with Gasteiger partial charge in [0.15, 0.2) is 0 Å². The highest BCUT2D eigenvalue weighted by Crippen LogP contribution is 2.09. The van der Waals surface area contributed by atoms with Gasteiger partial charge in [-0.1, -0.05) is 0 Å². The predicted molar refractivity (Wildman–Crippen MR) is 60.7 cm³/mol. The van der Waals surface area contributed by atoms with Gasteiger partial charge < -0.3 is 24.2 Å². The second kappa shape index (κ2) is 8.41. The van der Waals surface area contributed by atoms with Crippen LogP contribution in [0.4, 0.5) is 0 Å². The summed E-state index contributed by atoms with van der Waals surface area (Å²) >= 11 is 0. The third-order valence-corrected chi connectivity index (χ3v) is 2.50. The Kier molecular flexibility index (Phi) is 7.11. The van der Waals surface area contributed by atoms with E-state index in [4.69, 9.17) is 14.2 Å². The van der Waals surface area contributed by atoms with Crippen LogP contribution in [0.15, 0.2) is 0 Å². The van der Waals surface area contributed by atoms with Crippen molar-refractivity contribution in [2.75, 3.05) is 53.2 Å². The fourth-order valence-corrected chi connectivity index (χ4v) is 1.61. The van der Waals surface area contributed by atoms with E-state index in [-0.39, 0.29) is 12.3 Å². The maximum atomic E-state index is 11.3. The third-order valence-electron chi connectivity index (χ3n) is 2.50. The molecule has 1 heterocycles. The second-order valence-corrected chi connectivity index (χ2v) is 3.92. The van der Waals surface area contributed by atoms with Crippen molar-refractivity contribution in [1.29, 1.82) is 0 Å². The highest BCUT2D eigenvalue weighted by atomic mass is 16.5. The van der Waals surface area contributed by atoms with Crippen molar-refractivity contribution >= 4 is 5.91 Å². The first kappa shape index (κ1) is 14.4. The number of aliphatic hydroxyl groups is 1. The molecule has 1 saturated heterocycles. The Morgan fingerprint density at radius 1 is 1.24 bits per heavy atom. The Balaban J connectivity index is 1.89. The molecule has 1 fully saturated rings. The van der Waals surface area contributed by atoms with Crippen LogP contribution in [0.3, 0.4) is 0 Å². The van der Waals surface area contributed by atoms with Crippen molar-refractivity contribution in [3.8, 4) is 0 Å². The third kappa shape index (κ3) is 5.97. The summed E-state index contributed by atoms with van der Waals surface area (Å²) in [5, 5.41) is 9.26. The molecule has 6 heteroatoms. The van der Waals surface area contributed by atoms with Crippen molar-refractivity contribution in [2.24, 2.45) is 0 Å². The van der Waals surface area contributed by atoms with Crippen LogP contribution in [0, 0.1) is 0 Å². The smallest absolute Gasteiger partial charge is 0.225 e. The fourth-order valence-electron chi connectivity index (χ4n) is 1.61. The van der Waals surface area contributed by atoms with E-state index in [1.54, 1.807) is 12.0 Å². The molecule has 0 bridgehead atoms. The van der Waals surface area contributed by atoms with Crippen molar-refractivity contribution in [1.82, 2.24) is 4.90 Å². The van der Waals surface area contributed by atoms with E-state index in [0.717, 1.165) is 0 Å². The Hall–Kier alpha value is -0.690. The molecule has 100 valence electrons. The van der Waals surface area contributed by atoms with E-state index in [1.165, 1.54) is 0 Å². The number of β-amino-alcohol motifs (C(OH)–C–C–N with tert-alkyl or cyclic N) is 1. The summed E-state index contributed by atoms with van der Waals surface area (Å²) in [6.45, 7) is 3.62. The zero-order valence-electron chi connectivity index (χ0n) is 10.3. The topological polar surface area (TPSA) is 68.2 Å². The SMILES string of the molecule is COCCOCCOCCN1CC(O)CC1=O. The molecule has 1 unspecified atom stereocenters. The monoisotopic (exact) mass is 247 g/mol. The molecule has 0 aromatic heterocycles. The molecule has 1 amide bonds. The van der Waals surface area contributed by atoms with Gasteiger partial charge in [-0.25, -0.2) is 0 Å². The number of carbonyl (C=O) groups excluding carboxylic acids is 1. The first-order valence-corrected chi connectivity index (χ1v) is 5.84. The number of amides is 1. The molecule has 1 rings (SSSR count). The van der Waals surface area contributed by atoms with Gasteiger partial charge in [0.25, 0.3) is 0 Å². The Morgan fingerprint density at radius 3 is 2.47 bits per heavy atom. The van der Waals surface area contributed by atoms with Crippen LogP contribution in [0.5, 0.6) is 0 Å². The number of methoxy groups -OCH3 is 1. The molecule has 1 N–H and O–H groups in total. The minimum absolute atomic E-state index is 0.00237. The molecular formula is C11H21NO5. The summed E-state index contributed by atoms with van der Waals surface area (Å²) in [6, 6.07) is 0. The van der Waals surface area contributed by atoms with Crippen molar-refractivity contribution < 1.29 is 24.1 Å². The van der Waals surface area contributed by atoms with Gasteiger partial charge in [0.2, 0.25) is 5.91 Å². The van der Waals surface area contributed by atoms with Crippen LogP contribution in [-0.2, 0) is 19.0 Å². The molecule has 1 aliphatic rings. The van der Waals surface area contributed by atoms with Crippen LogP contribution in [0.25, 0.3) is 0 Å². The summed E-state index contributed by atoms with van der Waals surface area (Å²) in [6.07, 6.45) is -0.278. The van der Waals surface area contributed by atoms with E-state index in [1.807, 2.05) is 0 Å². The van der Waals surface area contributed by atoms with Gasteiger partial charge in [0, 0.05) is 20.2 Å². The maximum Gasteiger partial charge on any atom is 0.225 e. The van der Waals surface area contributed by atoms with Gasteiger partial charge in [-0.15, -0.1) is 0 Å². The second-order valence-electron chi connectivity index (χ2n) is 3.92. The summed E-state index contributed by atoms with van der Waals surface area (Å²) in [5.74, 6) is -0.00237. The standard InChI is InChI=1S/C11H21NO5/c1-15-4-5-17-7-6-16-3-2-12-9-10(13)8-11(12)14/h10,13H,2-9H2,1H3. The summed E-state index contributed by atoms with van der Waals surface area (Å²) in [5.41, 5.74) is 0. The summed E-state index contributed by atoms with van der Waals surface area (Å²) in [7, 11) is 1.63. The highest BCUT2D eigenvalue weighted by molar-refractivity contribution is 5.78. The number of hydrogen-bond donors (Lipinski definition) is 1. The molecule has 6 nitrogen and oxygen atoms in total. The number of ether oxygens (including phenoxy) is 3. The molecule has 1 atom stereocenters. The van der Waals surface area contributed by atoms with Crippen LogP contribution in [0.1, 0.15) is 6.42 Å². The van der Waals surface area contributed by atoms with E-state index in [0.29, 0.717) is 46.1 Å². The number of nitrogens with zero attached hydrogens (tertiary/aromatic N) is 1.